The molecule has 0 bridgehead atoms. The molecule has 0 saturated heterocycles. The number of nitrogens with one attached hydrogen (secondary N) is 1. The quantitative estimate of drug-likeness (QED) is 0.554. The normalized spacial score (nSPS) is 10.8. The maximum absolute atomic E-state index is 12.1. The number of hydrogen-bond donors (Lipinski definition) is 1. The molecule has 24 heavy (non-hydrogen) atoms. The summed E-state index contributed by atoms with van der Waals surface area (Å²) < 4.78 is 0. The number of hydrogen-bond acceptors (Lipinski definition) is 4. The number of aromatic nitrogens is 2. The third kappa shape index (κ3) is 4.24. The van der Waals surface area contributed by atoms with Crippen LogP contribution >= 0.6 is 23.4 Å². The van der Waals surface area contributed by atoms with Crippen LogP contribution in [-0.2, 0) is 11.3 Å². The molecule has 0 aliphatic rings. The number of para-hydroxylation sites is 1. The van der Waals surface area contributed by atoms with Crippen molar-refractivity contribution in [3.8, 4) is 0 Å². The van der Waals surface area contributed by atoms with Crippen LogP contribution in [0.3, 0.4) is 0 Å². The Balaban J connectivity index is 1.61. The monoisotopic (exact) mass is 357 g/mol. The van der Waals surface area contributed by atoms with Crippen molar-refractivity contribution in [2.45, 2.75) is 18.5 Å². The SMILES string of the molecule is Cc1nc(SCC(=O)NCc2ccc(Cl)cc2)c2ccccc2n1. The molecule has 1 aromatic heterocycles. The van der Waals surface area contributed by atoms with Gasteiger partial charge in [0.15, 0.2) is 0 Å². The van der Waals surface area contributed by atoms with Crippen molar-refractivity contribution in [1.82, 2.24) is 15.3 Å². The van der Waals surface area contributed by atoms with E-state index in [0.717, 1.165) is 21.5 Å². The number of fused-ring (bicyclic) bond motifs is 1. The van der Waals surface area contributed by atoms with Gasteiger partial charge in [-0.25, -0.2) is 9.97 Å². The van der Waals surface area contributed by atoms with E-state index in [9.17, 15) is 4.79 Å². The highest BCUT2D eigenvalue weighted by molar-refractivity contribution is 8.00. The van der Waals surface area contributed by atoms with E-state index < -0.39 is 0 Å². The zero-order chi connectivity index (χ0) is 16.9. The van der Waals surface area contributed by atoms with Gasteiger partial charge in [-0.15, -0.1) is 0 Å². The second kappa shape index (κ2) is 7.64. The van der Waals surface area contributed by atoms with Crippen molar-refractivity contribution in [2.75, 3.05) is 5.75 Å². The second-order valence-electron chi connectivity index (χ2n) is 5.28. The van der Waals surface area contributed by atoms with Crippen LogP contribution in [0.15, 0.2) is 53.6 Å². The first-order valence-corrected chi connectivity index (χ1v) is 8.85. The molecule has 122 valence electrons. The summed E-state index contributed by atoms with van der Waals surface area (Å²) in [6.45, 7) is 2.34. The summed E-state index contributed by atoms with van der Waals surface area (Å²) in [4.78, 5) is 20.9. The Morgan fingerprint density at radius 2 is 1.88 bits per heavy atom. The maximum atomic E-state index is 12.1. The van der Waals surface area contributed by atoms with Gasteiger partial charge in [0.25, 0.3) is 0 Å². The van der Waals surface area contributed by atoms with Crippen molar-refractivity contribution >= 4 is 40.2 Å². The molecule has 0 aliphatic carbocycles. The van der Waals surface area contributed by atoms with Gasteiger partial charge < -0.3 is 5.32 Å². The van der Waals surface area contributed by atoms with Crippen molar-refractivity contribution in [2.24, 2.45) is 0 Å². The first-order chi connectivity index (χ1) is 11.6. The zero-order valence-corrected chi connectivity index (χ0v) is 14.7. The largest absolute Gasteiger partial charge is 0.351 e. The molecule has 4 nitrogen and oxygen atoms in total. The number of aryl methyl sites for hydroxylation is 1. The van der Waals surface area contributed by atoms with E-state index in [2.05, 4.69) is 15.3 Å². The third-order valence-electron chi connectivity index (χ3n) is 3.42. The highest BCUT2D eigenvalue weighted by Gasteiger charge is 2.09. The van der Waals surface area contributed by atoms with Gasteiger partial charge in [-0.1, -0.05) is 53.7 Å². The van der Waals surface area contributed by atoms with Gasteiger partial charge >= 0.3 is 0 Å². The van der Waals surface area contributed by atoms with Crippen LogP contribution in [0.25, 0.3) is 10.9 Å². The minimum atomic E-state index is -0.0321. The average molecular weight is 358 g/mol. The summed E-state index contributed by atoms with van der Waals surface area (Å²) in [7, 11) is 0. The van der Waals surface area contributed by atoms with Crippen LogP contribution in [0.5, 0.6) is 0 Å². The maximum Gasteiger partial charge on any atom is 0.230 e. The van der Waals surface area contributed by atoms with E-state index in [1.807, 2.05) is 55.5 Å². The van der Waals surface area contributed by atoms with Gasteiger partial charge in [-0.2, -0.15) is 0 Å². The molecule has 0 unspecified atom stereocenters. The van der Waals surface area contributed by atoms with E-state index in [0.29, 0.717) is 23.1 Å². The molecule has 1 amide bonds. The molecular weight excluding hydrogens is 342 g/mol. The number of benzene rings is 2. The Morgan fingerprint density at radius 3 is 2.67 bits per heavy atom. The van der Waals surface area contributed by atoms with E-state index in [1.165, 1.54) is 11.8 Å². The lowest BCUT2D eigenvalue weighted by Crippen LogP contribution is -2.24. The summed E-state index contributed by atoms with van der Waals surface area (Å²) in [5, 5.41) is 5.40. The van der Waals surface area contributed by atoms with Gasteiger partial charge in [0, 0.05) is 17.0 Å². The average Bonchev–Trinajstić information content (AvgIpc) is 2.59. The Bertz CT molecular complexity index is 868. The summed E-state index contributed by atoms with van der Waals surface area (Å²) in [5.74, 6) is 0.988. The smallest absolute Gasteiger partial charge is 0.230 e. The third-order valence-corrected chi connectivity index (χ3v) is 4.67. The van der Waals surface area contributed by atoms with Crippen molar-refractivity contribution in [3.63, 3.8) is 0 Å². The van der Waals surface area contributed by atoms with Crippen LogP contribution < -0.4 is 5.32 Å². The molecule has 6 heteroatoms. The van der Waals surface area contributed by atoms with Gasteiger partial charge in [-0.3, -0.25) is 4.79 Å². The van der Waals surface area contributed by atoms with Crippen molar-refractivity contribution < 1.29 is 4.79 Å². The summed E-state index contributed by atoms with van der Waals surface area (Å²) >= 11 is 7.28. The summed E-state index contributed by atoms with van der Waals surface area (Å²) in [6.07, 6.45) is 0. The summed E-state index contributed by atoms with van der Waals surface area (Å²) in [5.41, 5.74) is 1.91. The lowest BCUT2D eigenvalue weighted by Gasteiger charge is -2.07. The molecule has 0 saturated carbocycles. The number of nitrogens with zero attached hydrogens (tertiary/aromatic N) is 2. The van der Waals surface area contributed by atoms with Crippen molar-refractivity contribution in [3.05, 3.63) is 64.9 Å². The van der Waals surface area contributed by atoms with E-state index >= 15 is 0 Å². The highest BCUT2D eigenvalue weighted by atomic mass is 35.5. The predicted octanol–water partition coefficient (Wildman–Crippen LogP) is 4.00. The zero-order valence-electron chi connectivity index (χ0n) is 13.1. The molecule has 1 N–H and O–H groups in total. The predicted molar refractivity (Wildman–Crippen MR) is 98.3 cm³/mol. The molecule has 0 radical (unpaired) electrons. The molecule has 0 aliphatic heterocycles. The molecule has 0 atom stereocenters. The number of thioether (sulfide) groups is 1. The Labute approximate surface area is 149 Å². The molecule has 0 fully saturated rings. The van der Waals surface area contributed by atoms with Crippen LogP contribution in [0.1, 0.15) is 11.4 Å². The van der Waals surface area contributed by atoms with Gasteiger partial charge in [0.05, 0.1) is 11.3 Å². The molecule has 1 heterocycles. The Morgan fingerprint density at radius 1 is 1.12 bits per heavy atom. The molecule has 0 spiro atoms. The number of halogens is 1. The molecule has 3 aromatic rings. The first-order valence-electron chi connectivity index (χ1n) is 7.49. The minimum Gasteiger partial charge on any atom is -0.351 e. The van der Waals surface area contributed by atoms with Crippen LogP contribution in [0, 0.1) is 6.92 Å². The Kier molecular flexibility index (Phi) is 5.33. The molecule has 2 aromatic carbocycles. The lowest BCUT2D eigenvalue weighted by atomic mass is 10.2. The van der Waals surface area contributed by atoms with E-state index in [4.69, 9.17) is 11.6 Å². The fourth-order valence-corrected chi connectivity index (χ4v) is 3.28. The number of carbonyl (C=O) groups is 1. The van der Waals surface area contributed by atoms with Gasteiger partial charge in [-0.05, 0) is 30.7 Å². The van der Waals surface area contributed by atoms with Gasteiger partial charge in [0.2, 0.25) is 5.91 Å². The minimum absolute atomic E-state index is 0.0321. The standard InChI is InChI=1S/C18H16ClN3OS/c1-12-21-16-5-3-2-4-15(16)18(22-12)24-11-17(23)20-10-13-6-8-14(19)9-7-13/h2-9H,10-11H2,1H3,(H,20,23). The van der Waals surface area contributed by atoms with Crippen LogP contribution in [0.2, 0.25) is 5.02 Å². The number of rotatable bonds is 5. The summed E-state index contributed by atoms with van der Waals surface area (Å²) in [6, 6.07) is 15.3. The lowest BCUT2D eigenvalue weighted by molar-refractivity contribution is -0.118. The first kappa shape index (κ1) is 16.7. The Hall–Kier alpha value is -2.11. The van der Waals surface area contributed by atoms with E-state index in [1.54, 1.807) is 0 Å². The fraction of sp³-hybridized carbons (Fsp3) is 0.167. The number of carbonyl (C=O) groups excluding carboxylic acids is 1. The molecular formula is C18H16ClN3OS. The number of amides is 1. The van der Waals surface area contributed by atoms with Gasteiger partial charge in [0.1, 0.15) is 10.9 Å². The van der Waals surface area contributed by atoms with Crippen molar-refractivity contribution in [1.29, 1.82) is 0 Å². The molecule has 3 rings (SSSR count). The fourth-order valence-electron chi connectivity index (χ4n) is 2.26. The van der Waals surface area contributed by atoms with E-state index in [-0.39, 0.29) is 5.91 Å². The second-order valence-corrected chi connectivity index (χ2v) is 6.69. The highest BCUT2D eigenvalue weighted by Crippen LogP contribution is 2.24. The topological polar surface area (TPSA) is 54.9 Å². The van der Waals surface area contributed by atoms with Crippen LogP contribution in [0.4, 0.5) is 0 Å². The van der Waals surface area contributed by atoms with Crippen LogP contribution in [-0.4, -0.2) is 21.6 Å².